The van der Waals surface area contributed by atoms with Gasteiger partial charge in [-0.25, -0.2) is 0 Å². The minimum Gasteiger partial charge on any atom is -0.273 e. The number of amides is 2. The highest BCUT2D eigenvalue weighted by Crippen LogP contribution is 2.28. The van der Waals surface area contributed by atoms with Crippen LogP contribution in [0.15, 0.2) is 24.3 Å². The Kier molecular flexibility index (Phi) is 3.74. The van der Waals surface area contributed by atoms with Crippen LogP contribution in [0.2, 0.25) is 0 Å². The number of nitrogens with zero attached hydrogens (tertiary/aromatic N) is 1. The molecule has 2 N–H and O–H groups in total. The summed E-state index contributed by atoms with van der Waals surface area (Å²) in [5.74, 6) is -0.703. The van der Waals surface area contributed by atoms with E-state index in [-0.39, 0.29) is 23.9 Å². The molecule has 0 aliphatic heterocycles. The average Bonchev–Trinajstić information content (AvgIpc) is 3.20. The third-order valence-corrected chi connectivity index (χ3v) is 2.81. The fraction of sp³-hybridized carbons (Fsp3) is 0.333. The van der Waals surface area contributed by atoms with Gasteiger partial charge < -0.3 is 0 Å². The fourth-order valence-corrected chi connectivity index (χ4v) is 1.63. The lowest BCUT2D eigenvalue weighted by atomic mass is 10.1. The average molecular weight is 263 g/mol. The number of rotatable bonds is 4. The van der Waals surface area contributed by atoms with E-state index in [9.17, 15) is 19.7 Å². The zero-order valence-corrected chi connectivity index (χ0v) is 10.1. The molecule has 0 heterocycles. The summed E-state index contributed by atoms with van der Waals surface area (Å²) >= 11 is 0. The van der Waals surface area contributed by atoms with E-state index >= 15 is 0 Å². The summed E-state index contributed by atoms with van der Waals surface area (Å²) < 4.78 is 0. The van der Waals surface area contributed by atoms with Crippen molar-refractivity contribution < 1.29 is 14.5 Å². The van der Waals surface area contributed by atoms with Crippen LogP contribution in [0.3, 0.4) is 0 Å². The van der Waals surface area contributed by atoms with Crippen molar-refractivity contribution in [1.29, 1.82) is 0 Å². The molecule has 1 aliphatic carbocycles. The Hall–Kier alpha value is -2.44. The minimum absolute atomic E-state index is 0.00800. The zero-order chi connectivity index (χ0) is 13.8. The van der Waals surface area contributed by atoms with Gasteiger partial charge in [-0.2, -0.15) is 0 Å². The van der Waals surface area contributed by atoms with Gasteiger partial charge >= 0.3 is 0 Å². The number of hydrazine groups is 1. The van der Waals surface area contributed by atoms with Crippen LogP contribution in [0.5, 0.6) is 0 Å². The number of nitro benzene ring substituents is 1. The number of nitro groups is 1. The first-order chi connectivity index (χ1) is 9.08. The van der Waals surface area contributed by atoms with Crippen molar-refractivity contribution in [3.8, 4) is 0 Å². The molecule has 0 radical (unpaired) electrons. The molecule has 0 aromatic heterocycles. The second-order valence-electron chi connectivity index (χ2n) is 4.37. The lowest BCUT2D eigenvalue weighted by Crippen LogP contribution is -2.43. The van der Waals surface area contributed by atoms with Gasteiger partial charge in [0.2, 0.25) is 11.8 Å². The molecule has 1 aromatic rings. The Morgan fingerprint density at radius 1 is 1.26 bits per heavy atom. The second kappa shape index (κ2) is 5.47. The van der Waals surface area contributed by atoms with Crippen LogP contribution in [0.25, 0.3) is 0 Å². The smallest absolute Gasteiger partial charge is 0.273 e. The van der Waals surface area contributed by atoms with Gasteiger partial charge in [-0.3, -0.25) is 30.6 Å². The molecule has 0 bridgehead atoms. The van der Waals surface area contributed by atoms with Gasteiger partial charge in [0.1, 0.15) is 0 Å². The molecule has 1 aliphatic rings. The van der Waals surface area contributed by atoms with Crippen molar-refractivity contribution >= 4 is 17.5 Å². The predicted octanol–water partition coefficient (Wildman–Crippen LogP) is 0.695. The minimum atomic E-state index is -0.536. The van der Waals surface area contributed by atoms with Crippen molar-refractivity contribution in [1.82, 2.24) is 10.9 Å². The first-order valence-electron chi connectivity index (χ1n) is 5.89. The van der Waals surface area contributed by atoms with Crippen molar-refractivity contribution in [3.05, 3.63) is 39.9 Å². The molecule has 1 fully saturated rings. The van der Waals surface area contributed by atoms with Crippen LogP contribution in [-0.2, 0) is 16.0 Å². The monoisotopic (exact) mass is 263 g/mol. The maximum absolute atomic E-state index is 11.6. The molecule has 0 atom stereocenters. The summed E-state index contributed by atoms with van der Waals surface area (Å²) in [6.45, 7) is 0. The van der Waals surface area contributed by atoms with E-state index in [1.807, 2.05) is 0 Å². The van der Waals surface area contributed by atoms with Crippen LogP contribution < -0.4 is 10.9 Å². The standard InChI is InChI=1S/C12H13N3O4/c16-11(13-14-12(17)8-5-6-8)7-9-3-1-2-4-10(9)15(18)19/h1-4,8H,5-7H2,(H,13,16)(H,14,17). The van der Waals surface area contributed by atoms with E-state index in [2.05, 4.69) is 10.9 Å². The van der Waals surface area contributed by atoms with E-state index < -0.39 is 10.8 Å². The number of para-hydroxylation sites is 1. The molecule has 0 spiro atoms. The molecule has 19 heavy (non-hydrogen) atoms. The third-order valence-electron chi connectivity index (χ3n) is 2.81. The quantitative estimate of drug-likeness (QED) is 0.616. The molecule has 0 unspecified atom stereocenters. The van der Waals surface area contributed by atoms with Crippen LogP contribution in [0.4, 0.5) is 5.69 Å². The van der Waals surface area contributed by atoms with Gasteiger partial charge in [-0.1, -0.05) is 18.2 Å². The molecule has 7 nitrogen and oxygen atoms in total. The van der Waals surface area contributed by atoms with Crippen LogP contribution >= 0.6 is 0 Å². The molecule has 2 rings (SSSR count). The van der Waals surface area contributed by atoms with Gasteiger partial charge in [0.15, 0.2) is 0 Å². The number of hydrogen-bond acceptors (Lipinski definition) is 4. The Morgan fingerprint density at radius 2 is 1.95 bits per heavy atom. The van der Waals surface area contributed by atoms with Gasteiger partial charge in [-0.05, 0) is 12.8 Å². The van der Waals surface area contributed by atoms with E-state index in [1.165, 1.54) is 18.2 Å². The predicted molar refractivity (Wildman–Crippen MR) is 65.8 cm³/mol. The van der Waals surface area contributed by atoms with Crippen molar-refractivity contribution in [2.75, 3.05) is 0 Å². The topological polar surface area (TPSA) is 101 Å². The van der Waals surface area contributed by atoms with Gasteiger partial charge in [-0.15, -0.1) is 0 Å². The largest absolute Gasteiger partial charge is 0.273 e. The van der Waals surface area contributed by atoms with Gasteiger partial charge in [0.25, 0.3) is 5.69 Å². The van der Waals surface area contributed by atoms with Gasteiger partial charge in [0, 0.05) is 17.5 Å². The van der Waals surface area contributed by atoms with E-state index in [0.29, 0.717) is 5.56 Å². The first kappa shape index (κ1) is 13.0. The Bertz CT molecular complexity index is 525. The van der Waals surface area contributed by atoms with Crippen molar-refractivity contribution in [2.24, 2.45) is 5.92 Å². The van der Waals surface area contributed by atoms with E-state index in [4.69, 9.17) is 0 Å². The highest BCUT2D eigenvalue weighted by Gasteiger charge is 2.29. The molecule has 0 saturated heterocycles. The van der Waals surface area contributed by atoms with E-state index in [0.717, 1.165) is 12.8 Å². The third kappa shape index (κ3) is 3.51. The van der Waals surface area contributed by atoms with E-state index in [1.54, 1.807) is 6.07 Å². The summed E-state index contributed by atoms with van der Waals surface area (Å²) in [6.07, 6.45) is 1.53. The lowest BCUT2D eigenvalue weighted by molar-refractivity contribution is -0.385. The normalized spacial score (nSPS) is 13.7. The Labute approximate surface area is 109 Å². The highest BCUT2D eigenvalue weighted by molar-refractivity contribution is 5.85. The van der Waals surface area contributed by atoms with Gasteiger partial charge in [0.05, 0.1) is 11.3 Å². The zero-order valence-electron chi connectivity index (χ0n) is 10.1. The summed E-state index contributed by atoms with van der Waals surface area (Å²) in [5, 5.41) is 10.8. The fourth-order valence-electron chi connectivity index (χ4n) is 1.63. The van der Waals surface area contributed by atoms with Crippen LogP contribution in [-0.4, -0.2) is 16.7 Å². The number of carbonyl (C=O) groups is 2. The summed E-state index contributed by atoms with van der Waals surface area (Å²) in [5.41, 5.74) is 4.77. The number of hydrogen-bond donors (Lipinski definition) is 2. The Morgan fingerprint density at radius 3 is 2.58 bits per heavy atom. The molecule has 1 aromatic carbocycles. The molecule has 7 heteroatoms. The summed E-state index contributed by atoms with van der Waals surface area (Å²) in [6, 6.07) is 6.01. The van der Waals surface area contributed by atoms with Crippen molar-refractivity contribution in [3.63, 3.8) is 0 Å². The van der Waals surface area contributed by atoms with Crippen molar-refractivity contribution in [2.45, 2.75) is 19.3 Å². The lowest BCUT2D eigenvalue weighted by Gasteiger charge is -2.06. The summed E-state index contributed by atoms with van der Waals surface area (Å²) in [4.78, 5) is 33.1. The van der Waals surface area contributed by atoms with Crippen LogP contribution in [0.1, 0.15) is 18.4 Å². The van der Waals surface area contributed by atoms with Crippen LogP contribution in [0, 0.1) is 16.0 Å². The maximum Gasteiger partial charge on any atom is 0.273 e. The molecular formula is C12H13N3O4. The SMILES string of the molecule is O=C(Cc1ccccc1[N+](=O)[O-])NNC(=O)C1CC1. The molecule has 1 saturated carbocycles. The number of benzene rings is 1. The molecule has 100 valence electrons. The highest BCUT2D eigenvalue weighted by atomic mass is 16.6. The molecule has 2 amide bonds. The maximum atomic E-state index is 11.6. The Balaban J connectivity index is 1.91. The number of nitrogens with one attached hydrogen (secondary N) is 2. The first-order valence-corrected chi connectivity index (χ1v) is 5.89. The second-order valence-corrected chi connectivity index (χ2v) is 4.37. The molecular weight excluding hydrogens is 250 g/mol. The summed E-state index contributed by atoms with van der Waals surface area (Å²) in [7, 11) is 0. The number of carbonyl (C=O) groups excluding carboxylic acids is 2.